The van der Waals surface area contributed by atoms with Crippen LogP contribution in [-0.2, 0) is 17.8 Å². The number of furan rings is 1. The minimum absolute atomic E-state index is 0.0124. The summed E-state index contributed by atoms with van der Waals surface area (Å²) in [5.74, 6) is 2.43. The molecule has 0 aromatic carbocycles. The number of hydrogen-bond acceptors (Lipinski definition) is 6. The molecule has 3 rings (SSSR count). The molecule has 0 fully saturated rings. The van der Waals surface area contributed by atoms with Crippen LogP contribution < -0.4 is 0 Å². The van der Waals surface area contributed by atoms with Crippen LogP contribution in [-0.4, -0.2) is 33.0 Å². The first-order valence-corrected chi connectivity index (χ1v) is 7.65. The summed E-state index contributed by atoms with van der Waals surface area (Å²) in [4.78, 5) is 22.2. The second kappa shape index (κ2) is 7.08. The lowest BCUT2D eigenvalue weighted by atomic mass is 10.2. The van der Waals surface area contributed by atoms with E-state index in [9.17, 15) is 4.79 Å². The predicted octanol–water partition coefficient (Wildman–Crippen LogP) is 2.62. The van der Waals surface area contributed by atoms with Crippen LogP contribution in [0.15, 0.2) is 45.5 Å². The van der Waals surface area contributed by atoms with Gasteiger partial charge in [0, 0.05) is 26.1 Å². The summed E-state index contributed by atoms with van der Waals surface area (Å²) < 4.78 is 10.7. The van der Waals surface area contributed by atoms with Crippen LogP contribution in [0.2, 0.25) is 0 Å². The molecule has 0 N–H and O–H groups in total. The lowest BCUT2D eigenvalue weighted by Gasteiger charge is -2.14. The molecule has 3 aromatic heterocycles. The highest BCUT2D eigenvalue weighted by molar-refractivity contribution is 5.75. The number of carbonyl (C=O) groups is 1. The van der Waals surface area contributed by atoms with Gasteiger partial charge in [-0.15, -0.1) is 0 Å². The molecule has 0 saturated carbocycles. The molecule has 1 amide bonds. The van der Waals surface area contributed by atoms with Crippen molar-refractivity contribution in [2.75, 3.05) is 7.05 Å². The third-order valence-electron chi connectivity index (χ3n) is 3.53. The Morgan fingerprint density at radius 3 is 2.83 bits per heavy atom. The van der Waals surface area contributed by atoms with Crippen LogP contribution >= 0.6 is 0 Å². The number of carbonyl (C=O) groups excluding carboxylic acids is 1. The van der Waals surface area contributed by atoms with Crippen LogP contribution in [0.4, 0.5) is 0 Å². The summed E-state index contributed by atoms with van der Waals surface area (Å²) in [5.41, 5.74) is 0.643. The monoisotopic (exact) mass is 326 g/mol. The summed E-state index contributed by atoms with van der Waals surface area (Å²) in [6.45, 7) is 2.32. The lowest BCUT2D eigenvalue weighted by Crippen LogP contribution is -2.26. The zero-order valence-electron chi connectivity index (χ0n) is 13.6. The van der Waals surface area contributed by atoms with Gasteiger partial charge in [-0.25, -0.2) is 0 Å². The summed E-state index contributed by atoms with van der Waals surface area (Å²) in [7, 11) is 1.74. The summed E-state index contributed by atoms with van der Waals surface area (Å²) in [6, 6.07) is 9.23. The minimum Gasteiger partial charge on any atom is -0.464 e. The highest BCUT2D eigenvalue weighted by Gasteiger charge is 2.14. The number of aromatic nitrogens is 3. The molecule has 124 valence electrons. The van der Waals surface area contributed by atoms with Crippen molar-refractivity contribution in [3.05, 3.63) is 53.9 Å². The first-order chi connectivity index (χ1) is 11.6. The molecular weight excluding hydrogens is 308 g/mol. The van der Waals surface area contributed by atoms with Gasteiger partial charge in [0.05, 0.1) is 6.54 Å². The predicted molar refractivity (Wildman–Crippen MR) is 85.8 cm³/mol. The Bertz CT molecular complexity index is 810. The first-order valence-electron chi connectivity index (χ1n) is 7.65. The molecule has 7 nitrogen and oxygen atoms in total. The van der Waals surface area contributed by atoms with Gasteiger partial charge in [0.25, 0.3) is 0 Å². The zero-order chi connectivity index (χ0) is 16.9. The highest BCUT2D eigenvalue weighted by atomic mass is 16.5. The fourth-order valence-electron chi connectivity index (χ4n) is 2.25. The second-order valence-corrected chi connectivity index (χ2v) is 5.49. The molecule has 24 heavy (non-hydrogen) atoms. The number of rotatable bonds is 6. The van der Waals surface area contributed by atoms with Gasteiger partial charge in [0.1, 0.15) is 17.2 Å². The fraction of sp³-hybridized carbons (Fsp3) is 0.294. The third-order valence-corrected chi connectivity index (χ3v) is 3.53. The van der Waals surface area contributed by atoms with Gasteiger partial charge >= 0.3 is 0 Å². The van der Waals surface area contributed by atoms with Crippen molar-refractivity contribution < 1.29 is 13.7 Å². The van der Waals surface area contributed by atoms with Gasteiger partial charge in [-0.1, -0.05) is 11.2 Å². The molecular formula is C17H18N4O3. The maximum absolute atomic E-state index is 12.2. The number of amides is 1. The molecule has 7 heteroatoms. The zero-order valence-corrected chi connectivity index (χ0v) is 13.6. The molecule has 0 bridgehead atoms. The Morgan fingerprint density at radius 2 is 2.12 bits per heavy atom. The molecule has 3 heterocycles. The molecule has 3 aromatic rings. The Morgan fingerprint density at radius 1 is 1.25 bits per heavy atom. The molecule has 0 aliphatic heterocycles. The van der Waals surface area contributed by atoms with Crippen LogP contribution in [0.3, 0.4) is 0 Å². The number of nitrogens with zero attached hydrogens (tertiary/aromatic N) is 4. The summed E-state index contributed by atoms with van der Waals surface area (Å²) in [6.07, 6.45) is 2.35. The number of hydrogen-bond donors (Lipinski definition) is 0. The van der Waals surface area contributed by atoms with Gasteiger partial charge in [-0.05, 0) is 31.2 Å². The van der Waals surface area contributed by atoms with Crippen molar-refractivity contribution in [1.82, 2.24) is 20.0 Å². The number of aryl methyl sites for hydroxylation is 2. The van der Waals surface area contributed by atoms with Crippen molar-refractivity contribution in [2.24, 2.45) is 0 Å². The van der Waals surface area contributed by atoms with Crippen molar-refractivity contribution in [1.29, 1.82) is 0 Å². The Labute approximate surface area is 139 Å². The quantitative estimate of drug-likeness (QED) is 0.692. The van der Waals surface area contributed by atoms with E-state index in [0.29, 0.717) is 36.8 Å². The highest BCUT2D eigenvalue weighted by Crippen LogP contribution is 2.14. The van der Waals surface area contributed by atoms with Crippen molar-refractivity contribution in [3.63, 3.8) is 0 Å². The Kier molecular flexibility index (Phi) is 4.69. The van der Waals surface area contributed by atoms with Crippen molar-refractivity contribution >= 4 is 5.91 Å². The average Bonchev–Trinajstić information content (AvgIpc) is 3.22. The molecule has 0 saturated heterocycles. The minimum atomic E-state index is -0.0124. The summed E-state index contributed by atoms with van der Waals surface area (Å²) >= 11 is 0. The van der Waals surface area contributed by atoms with Crippen LogP contribution in [0.25, 0.3) is 11.5 Å². The van der Waals surface area contributed by atoms with E-state index in [4.69, 9.17) is 8.94 Å². The normalized spacial score (nSPS) is 10.8. The average molecular weight is 326 g/mol. The molecule has 0 spiro atoms. The van der Waals surface area contributed by atoms with Crippen LogP contribution in [0.1, 0.15) is 23.8 Å². The SMILES string of the molecule is Cc1ccc(CN(C)C(=O)CCc2nc(-c3ccccn3)no2)o1. The van der Waals surface area contributed by atoms with Crippen LogP contribution in [0.5, 0.6) is 0 Å². The maximum Gasteiger partial charge on any atom is 0.227 e. The molecule has 0 aliphatic carbocycles. The second-order valence-electron chi connectivity index (χ2n) is 5.49. The number of pyridine rings is 1. The smallest absolute Gasteiger partial charge is 0.227 e. The fourth-order valence-corrected chi connectivity index (χ4v) is 2.25. The molecule has 0 aliphatic rings. The lowest BCUT2D eigenvalue weighted by molar-refractivity contribution is -0.130. The van der Waals surface area contributed by atoms with E-state index in [1.54, 1.807) is 24.2 Å². The van der Waals surface area contributed by atoms with Gasteiger partial charge in [-0.3, -0.25) is 9.78 Å². The van der Waals surface area contributed by atoms with E-state index < -0.39 is 0 Å². The summed E-state index contributed by atoms with van der Waals surface area (Å²) in [5, 5.41) is 3.89. The van der Waals surface area contributed by atoms with Gasteiger partial charge in [0.15, 0.2) is 0 Å². The molecule has 0 atom stereocenters. The van der Waals surface area contributed by atoms with Gasteiger partial charge in [0.2, 0.25) is 17.6 Å². The Balaban J connectivity index is 1.53. The van der Waals surface area contributed by atoms with Crippen molar-refractivity contribution in [2.45, 2.75) is 26.3 Å². The van der Waals surface area contributed by atoms with Crippen LogP contribution in [0, 0.1) is 6.92 Å². The first kappa shape index (κ1) is 15.9. The van der Waals surface area contributed by atoms with E-state index in [1.165, 1.54) is 0 Å². The van der Waals surface area contributed by atoms with E-state index in [2.05, 4.69) is 15.1 Å². The van der Waals surface area contributed by atoms with Gasteiger partial charge < -0.3 is 13.8 Å². The van der Waals surface area contributed by atoms with E-state index in [1.807, 2.05) is 31.2 Å². The largest absolute Gasteiger partial charge is 0.464 e. The van der Waals surface area contributed by atoms with E-state index in [-0.39, 0.29) is 5.91 Å². The van der Waals surface area contributed by atoms with Crippen molar-refractivity contribution in [3.8, 4) is 11.5 Å². The molecule has 0 unspecified atom stereocenters. The molecule has 0 radical (unpaired) electrons. The third kappa shape index (κ3) is 3.87. The topological polar surface area (TPSA) is 85.3 Å². The van der Waals surface area contributed by atoms with E-state index in [0.717, 1.165) is 11.5 Å². The van der Waals surface area contributed by atoms with E-state index >= 15 is 0 Å². The maximum atomic E-state index is 12.2. The standard InChI is InChI=1S/C17H18N4O3/c1-12-6-7-13(23-12)11-21(2)16(22)9-8-15-19-17(20-24-15)14-5-3-4-10-18-14/h3-7,10H,8-9,11H2,1-2H3. The van der Waals surface area contributed by atoms with Gasteiger partial charge in [-0.2, -0.15) is 4.98 Å². The Hall–Kier alpha value is -2.96.